The lowest BCUT2D eigenvalue weighted by molar-refractivity contribution is 0.0689. The van der Waals surface area contributed by atoms with Gasteiger partial charge >= 0.3 is 5.97 Å². The molecule has 0 fully saturated rings. The largest absolute Gasteiger partial charge is 0.494 e. The van der Waals surface area contributed by atoms with Gasteiger partial charge in [0, 0.05) is 12.7 Å². The second-order valence-corrected chi connectivity index (χ2v) is 5.27. The number of aromatic nitrogens is 1. The minimum Gasteiger partial charge on any atom is -0.494 e. The van der Waals surface area contributed by atoms with E-state index in [1.54, 1.807) is 0 Å². The third kappa shape index (κ3) is 5.08. The van der Waals surface area contributed by atoms with Crippen LogP contribution in [0.2, 0.25) is 0 Å². The number of amides is 1. The molecule has 126 valence electrons. The standard InChI is InChI=1S/C18H20N2O4/c1-2-3-9-24-15-6-4-5-13(10-15)11-20-17(21)14-7-8-16(18(22)23)19-12-14/h4-8,10,12H,2-3,9,11H2,1H3,(H,20,21)(H,22,23). The van der Waals surface area contributed by atoms with Crippen molar-refractivity contribution < 1.29 is 19.4 Å². The highest BCUT2D eigenvalue weighted by molar-refractivity contribution is 5.94. The van der Waals surface area contributed by atoms with Gasteiger partial charge in [-0.1, -0.05) is 25.5 Å². The molecule has 1 aromatic heterocycles. The summed E-state index contributed by atoms with van der Waals surface area (Å²) in [5.41, 5.74) is 1.14. The topological polar surface area (TPSA) is 88.5 Å². The molecule has 0 unspecified atom stereocenters. The maximum atomic E-state index is 12.1. The Morgan fingerprint density at radius 2 is 2.08 bits per heavy atom. The predicted octanol–water partition coefficient (Wildman–Crippen LogP) is 2.89. The number of benzene rings is 1. The van der Waals surface area contributed by atoms with Crippen molar-refractivity contribution in [3.8, 4) is 5.75 Å². The van der Waals surface area contributed by atoms with Crippen molar-refractivity contribution in [3.05, 3.63) is 59.4 Å². The quantitative estimate of drug-likeness (QED) is 0.727. The van der Waals surface area contributed by atoms with Crippen LogP contribution in [0.25, 0.3) is 0 Å². The highest BCUT2D eigenvalue weighted by atomic mass is 16.5. The Morgan fingerprint density at radius 3 is 2.75 bits per heavy atom. The molecule has 1 aromatic carbocycles. The molecule has 0 spiro atoms. The maximum Gasteiger partial charge on any atom is 0.354 e. The monoisotopic (exact) mass is 328 g/mol. The van der Waals surface area contributed by atoms with Crippen LogP contribution in [0.1, 0.15) is 46.2 Å². The number of ether oxygens (including phenoxy) is 1. The van der Waals surface area contributed by atoms with Crippen LogP contribution in [0.5, 0.6) is 5.75 Å². The van der Waals surface area contributed by atoms with Crippen molar-refractivity contribution >= 4 is 11.9 Å². The molecule has 0 saturated carbocycles. The Kier molecular flexibility index (Phi) is 6.31. The zero-order chi connectivity index (χ0) is 17.4. The van der Waals surface area contributed by atoms with E-state index in [4.69, 9.17) is 9.84 Å². The first kappa shape index (κ1) is 17.5. The molecule has 6 heteroatoms. The van der Waals surface area contributed by atoms with Crippen LogP contribution in [-0.4, -0.2) is 28.6 Å². The van der Waals surface area contributed by atoms with Crippen LogP contribution in [-0.2, 0) is 6.54 Å². The van der Waals surface area contributed by atoms with E-state index in [0.29, 0.717) is 18.7 Å². The molecule has 6 nitrogen and oxygen atoms in total. The van der Waals surface area contributed by atoms with Crippen LogP contribution in [0.4, 0.5) is 0 Å². The highest BCUT2D eigenvalue weighted by Crippen LogP contribution is 2.14. The van der Waals surface area contributed by atoms with Gasteiger partial charge in [-0.25, -0.2) is 9.78 Å². The van der Waals surface area contributed by atoms with E-state index in [1.807, 2.05) is 24.3 Å². The summed E-state index contributed by atoms with van der Waals surface area (Å²) in [6.45, 7) is 3.13. The molecule has 24 heavy (non-hydrogen) atoms. The van der Waals surface area contributed by atoms with Crippen molar-refractivity contribution in [1.82, 2.24) is 10.3 Å². The van der Waals surface area contributed by atoms with Crippen molar-refractivity contribution in [1.29, 1.82) is 0 Å². The van der Waals surface area contributed by atoms with Crippen LogP contribution < -0.4 is 10.1 Å². The highest BCUT2D eigenvalue weighted by Gasteiger charge is 2.09. The molecule has 0 atom stereocenters. The van der Waals surface area contributed by atoms with Gasteiger partial charge in [0.05, 0.1) is 12.2 Å². The fourth-order valence-corrected chi connectivity index (χ4v) is 2.02. The molecule has 0 aliphatic heterocycles. The van der Waals surface area contributed by atoms with E-state index >= 15 is 0 Å². The second-order valence-electron chi connectivity index (χ2n) is 5.27. The number of carboxylic acid groups (broad SMARTS) is 1. The number of nitrogens with one attached hydrogen (secondary N) is 1. The summed E-state index contributed by atoms with van der Waals surface area (Å²) in [7, 11) is 0. The van der Waals surface area contributed by atoms with Gasteiger partial charge < -0.3 is 15.2 Å². The molecule has 0 bridgehead atoms. The maximum absolute atomic E-state index is 12.1. The number of nitrogens with zero attached hydrogens (tertiary/aromatic N) is 1. The van der Waals surface area contributed by atoms with Gasteiger partial charge in [-0.2, -0.15) is 0 Å². The Bertz CT molecular complexity index is 698. The molecule has 0 radical (unpaired) electrons. The van der Waals surface area contributed by atoms with Crippen LogP contribution in [0, 0.1) is 0 Å². The van der Waals surface area contributed by atoms with Gasteiger partial charge in [0.2, 0.25) is 0 Å². The number of hydrogen-bond acceptors (Lipinski definition) is 4. The molecule has 0 aliphatic rings. The zero-order valence-electron chi connectivity index (χ0n) is 13.5. The SMILES string of the molecule is CCCCOc1cccc(CNC(=O)c2ccc(C(=O)O)nc2)c1. The van der Waals surface area contributed by atoms with Gasteiger partial charge in [0.25, 0.3) is 5.91 Å². The summed E-state index contributed by atoms with van der Waals surface area (Å²) in [5, 5.41) is 11.6. The van der Waals surface area contributed by atoms with E-state index in [-0.39, 0.29) is 11.6 Å². The lowest BCUT2D eigenvalue weighted by Gasteiger charge is -2.09. The van der Waals surface area contributed by atoms with Crippen LogP contribution in [0.15, 0.2) is 42.6 Å². The molecule has 2 N–H and O–H groups in total. The molecule has 0 aliphatic carbocycles. The average molecular weight is 328 g/mol. The van der Waals surface area contributed by atoms with Gasteiger partial charge in [0.15, 0.2) is 0 Å². The van der Waals surface area contributed by atoms with Crippen molar-refractivity contribution in [2.75, 3.05) is 6.61 Å². The predicted molar refractivity (Wildman–Crippen MR) is 89.2 cm³/mol. The lowest BCUT2D eigenvalue weighted by atomic mass is 10.2. The first-order valence-electron chi connectivity index (χ1n) is 7.79. The molecule has 1 amide bonds. The smallest absolute Gasteiger partial charge is 0.354 e. The first-order chi connectivity index (χ1) is 11.6. The average Bonchev–Trinajstić information content (AvgIpc) is 2.60. The van der Waals surface area contributed by atoms with Crippen molar-refractivity contribution in [2.24, 2.45) is 0 Å². The van der Waals surface area contributed by atoms with Crippen molar-refractivity contribution in [2.45, 2.75) is 26.3 Å². The third-order valence-corrected chi connectivity index (χ3v) is 3.36. The Labute approximate surface area is 140 Å². The van der Waals surface area contributed by atoms with Gasteiger partial charge in [0.1, 0.15) is 11.4 Å². The van der Waals surface area contributed by atoms with Crippen LogP contribution in [0.3, 0.4) is 0 Å². The second kappa shape index (κ2) is 8.67. The van der Waals surface area contributed by atoms with E-state index in [2.05, 4.69) is 17.2 Å². The number of carbonyl (C=O) groups excluding carboxylic acids is 1. The van der Waals surface area contributed by atoms with Gasteiger partial charge in [-0.15, -0.1) is 0 Å². The molecule has 2 aromatic rings. The number of aromatic carboxylic acids is 1. The van der Waals surface area contributed by atoms with E-state index < -0.39 is 5.97 Å². The summed E-state index contributed by atoms with van der Waals surface area (Å²) >= 11 is 0. The summed E-state index contributed by atoms with van der Waals surface area (Å²) in [6.07, 6.45) is 3.33. The Morgan fingerprint density at radius 1 is 1.25 bits per heavy atom. The van der Waals surface area contributed by atoms with Crippen LogP contribution >= 0.6 is 0 Å². The Balaban J connectivity index is 1.91. The summed E-state index contributed by atoms with van der Waals surface area (Å²) in [4.78, 5) is 26.5. The fourth-order valence-electron chi connectivity index (χ4n) is 2.02. The molecule has 0 saturated heterocycles. The summed E-state index contributed by atoms with van der Waals surface area (Å²) in [6, 6.07) is 10.3. The molecule has 1 heterocycles. The number of rotatable bonds is 8. The summed E-state index contributed by atoms with van der Waals surface area (Å²) < 4.78 is 5.64. The zero-order valence-corrected chi connectivity index (χ0v) is 13.5. The molecular weight excluding hydrogens is 308 g/mol. The number of carboxylic acids is 1. The summed E-state index contributed by atoms with van der Waals surface area (Å²) in [5.74, 6) is -0.652. The first-order valence-corrected chi connectivity index (χ1v) is 7.79. The van der Waals surface area contributed by atoms with Gasteiger partial charge in [-0.3, -0.25) is 4.79 Å². The minimum atomic E-state index is -1.12. The number of unbranched alkanes of at least 4 members (excludes halogenated alkanes) is 1. The van der Waals surface area contributed by atoms with E-state index in [1.165, 1.54) is 18.3 Å². The number of pyridine rings is 1. The van der Waals surface area contributed by atoms with Gasteiger partial charge in [-0.05, 0) is 36.2 Å². The molecular formula is C18H20N2O4. The third-order valence-electron chi connectivity index (χ3n) is 3.36. The fraction of sp³-hybridized carbons (Fsp3) is 0.278. The number of carbonyl (C=O) groups is 2. The minimum absolute atomic E-state index is 0.0940. The van der Waals surface area contributed by atoms with E-state index in [9.17, 15) is 9.59 Å². The van der Waals surface area contributed by atoms with E-state index in [0.717, 1.165) is 24.2 Å². The normalized spacial score (nSPS) is 10.2. The lowest BCUT2D eigenvalue weighted by Crippen LogP contribution is -2.23. The molecule has 2 rings (SSSR count). The van der Waals surface area contributed by atoms with Crippen molar-refractivity contribution in [3.63, 3.8) is 0 Å². The Hall–Kier alpha value is -2.89. The number of hydrogen-bond donors (Lipinski definition) is 2.